The molecule has 0 fully saturated rings. The Kier molecular flexibility index (Phi) is 8.39. The molecular weight excluding hydrogens is 360 g/mol. The molecule has 0 atom stereocenters. The van der Waals surface area contributed by atoms with Crippen molar-refractivity contribution in [3.05, 3.63) is 66.7 Å². The van der Waals surface area contributed by atoms with Gasteiger partial charge in [0.05, 0.1) is 37.3 Å². The van der Waals surface area contributed by atoms with Crippen molar-refractivity contribution in [1.82, 2.24) is 0 Å². The highest BCUT2D eigenvalue weighted by Gasteiger charge is 2.03. The van der Waals surface area contributed by atoms with Gasteiger partial charge in [-0.3, -0.25) is 0 Å². The molecule has 146 valence electrons. The normalized spacial score (nSPS) is 10.5. The highest BCUT2D eigenvalue weighted by molar-refractivity contribution is 5.89. The summed E-state index contributed by atoms with van der Waals surface area (Å²) in [6.07, 6.45) is 2.64. The number of methoxy groups -OCH3 is 1. The Balaban J connectivity index is 1.76. The van der Waals surface area contributed by atoms with Crippen LogP contribution >= 0.6 is 0 Å². The van der Waals surface area contributed by atoms with Crippen molar-refractivity contribution >= 4 is 23.3 Å². The van der Waals surface area contributed by atoms with E-state index < -0.39 is 11.9 Å². The topological polar surface area (TPSA) is 86.5 Å². The quantitative estimate of drug-likeness (QED) is 0.255. The zero-order chi connectivity index (χ0) is 20.2. The summed E-state index contributed by atoms with van der Waals surface area (Å²) in [4.78, 5) is 22.3. The summed E-state index contributed by atoms with van der Waals surface area (Å²) in [5.74, 6) is -0.0774. The highest BCUT2D eigenvalue weighted by atomic mass is 16.5. The summed E-state index contributed by atoms with van der Waals surface area (Å²) in [7, 11) is 1.34. The number of carbonyl (C=O) groups is 2. The average Bonchev–Trinajstić information content (AvgIpc) is 2.75. The Morgan fingerprint density at radius 2 is 1.50 bits per heavy atom. The standard InChI is InChI=1S/C21H22N2O5/c1-3-20(24)28-15-5-4-14-27-19-12-10-18(11-13-19)23-22-17-8-6-16(7-9-17)21(25)26-2/h3,6-13H,1,4-5,14-15H2,2H3. The zero-order valence-electron chi connectivity index (χ0n) is 15.7. The molecule has 7 heteroatoms. The molecule has 0 unspecified atom stereocenters. The zero-order valence-corrected chi connectivity index (χ0v) is 15.7. The van der Waals surface area contributed by atoms with Crippen LogP contribution in [0.5, 0.6) is 5.75 Å². The summed E-state index contributed by atoms with van der Waals surface area (Å²) < 4.78 is 15.2. The van der Waals surface area contributed by atoms with Crippen LogP contribution in [-0.2, 0) is 14.3 Å². The smallest absolute Gasteiger partial charge is 0.337 e. The molecule has 0 aliphatic rings. The molecule has 0 saturated carbocycles. The second kappa shape index (κ2) is 11.3. The maximum absolute atomic E-state index is 11.4. The van der Waals surface area contributed by atoms with E-state index in [0.717, 1.165) is 24.7 Å². The van der Waals surface area contributed by atoms with E-state index in [2.05, 4.69) is 21.5 Å². The number of benzene rings is 2. The van der Waals surface area contributed by atoms with E-state index in [-0.39, 0.29) is 0 Å². The molecule has 0 aliphatic heterocycles. The lowest BCUT2D eigenvalue weighted by atomic mass is 10.2. The molecule has 0 N–H and O–H groups in total. The van der Waals surface area contributed by atoms with Crippen molar-refractivity contribution in [3.8, 4) is 5.75 Å². The molecule has 0 aliphatic carbocycles. The second-order valence-electron chi connectivity index (χ2n) is 5.66. The maximum atomic E-state index is 11.4. The monoisotopic (exact) mass is 382 g/mol. The van der Waals surface area contributed by atoms with Crippen LogP contribution in [0.25, 0.3) is 0 Å². The Morgan fingerprint density at radius 1 is 0.929 bits per heavy atom. The lowest BCUT2D eigenvalue weighted by molar-refractivity contribution is -0.137. The van der Waals surface area contributed by atoms with Gasteiger partial charge in [0.2, 0.25) is 0 Å². The molecule has 2 aromatic rings. The summed E-state index contributed by atoms with van der Waals surface area (Å²) >= 11 is 0. The molecule has 0 aromatic heterocycles. The molecule has 7 nitrogen and oxygen atoms in total. The number of azo groups is 1. The van der Waals surface area contributed by atoms with Crippen LogP contribution in [0, 0.1) is 0 Å². The van der Waals surface area contributed by atoms with E-state index in [1.165, 1.54) is 7.11 Å². The van der Waals surface area contributed by atoms with Crippen LogP contribution in [0.2, 0.25) is 0 Å². The Bertz CT molecular complexity index is 814. The molecule has 0 amide bonds. The van der Waals surface area contributed by atoms with E-state index in [0.29, 0.717) is 30.2 Å². The molecule has 0 spiro atoms. The largest absolute Gasteiger partial charge is 0.494 e. The number of unbranched alkanes of at least 4 members (excludes halogenated alkanes) is 1. The predicted molar refractivity (Wildman–Crippen MR) is 104 cm³/mol. The third-order valence-electron chi connectivity index (χ3n) is 3.62. The molecule has 0 heterocycles. The van der Waals surface area contributed by atoms with Gasteiger partial charge in [-0.1, -0.05) is 6.58 Å². The minimum Gasteiger partial charge on any atom is -0.494 e. The lowest BCUT2D eigenvalue weighted by Gasteiger charge is -2.06. The number of nitrogens with zero attached hydrogens (tertiary/aromatic N) is 2. The number of hydrogen-bond acceptors (Lipinski definition) is 7. The first kappa shape index (κ1) is 20.8. The van der Waals surface area contributed by atoms with Gasteiger partial charge in [0.25, 0.3) is 0 Å². The predicted octanol–water partition coefficient (Wildman–Crippen LogP) is 4.78. The van der Waals surface area contributed by atoms with E-state index in [1.54, 1.807) is 36.4 Å². The number of ether oxygens (including phenoxy) is 3. The van der Waals surface area contributed by atoms with Crippen molar-refractivity contribution < 1.29 is 23.8 Å². The van der Waals surface area contributed by atoms with Gasteiger partial charge in [0.1, 0.15) is 5.75 Å². The third-order valence-corrected chi connectivity index (χ3v) is 3.62. The summed E-state index contributed by atoms with van der Waals surface area (Å²) in [6.45, 7) is 4.22. The number of hydrogen-bond donors (Lipinski definition) is 0. The van der Waals surface area contributed by atoms with Crippen molar-refractivity contribution in [1.29, 1.82) is 0 Å². The van der Waals surface area contributed by atoms with Gasteiger partial charge in [-0.15, -0.1) is 0 Å². The molecule has 28 heavy (non-hydrogen) atoms. The number of esters is 2. The van der Waals surface area contributed by atoms with Crippen LogP contribution in [0.4, 0.5) is 11.4 Å². The SMILES string of the molecule is C=CC(=O)OCCCCOc1ccc(N=Nc2ccc(C(=O)OC)cc2)cc1. The fraction of sp³-hybridized carbons (Fsp3) is 0.238. The molecule has 2 rings (SSSR count). The lowest BCUT2D eigenvalue weighted by Crippen LogP contribution is -2.04. The summed E-state index contributed by atoms with van der Waals surface area (Å²) in [5, 5.41) is 8.29. The van der Waals surface area contributed by atoms with Crippen molar-refractivity contribution in [2.45, 2.75) is 12.8 Å². The van der Waals surface area contributed by atoms with Crippen LogP contribution < -0.4 is 4.74 Å². The molecule has 0 saturated heterocycles. The van der Waals surface area contributed by atoms with Crippen molar-refractivity contribution in [3.63, 3.8) is 0 Å². The number of rotatable bonds is 10. The first-order valence-corrected chi connectivity index (χ1v) is 8.74. The van der Waals surface area contributed by atoms with Gasteiger partial charge < -0.3 is 14.2 Å². The molecule has 2 aromatic carbocycles. The van der Waals surface area contributed by atoms with E-state index in [1.807, 2.05) is 12.1 Å². The van der Waals surface area contributed by atoms with Gasteiger partial charge >= 0.3 is 11.9 Å². The Hall–Kier alpha value is -3.48. The van der Waals surface area contributed by atoms with E-state index in [4.69, 9.17) is 9.47 Å². The average molecular weight is 382 g/mol. The molecule has 0 radical (unpaired) electrons. The number of carbonyl (C=O) groups excluding carboxylic acids is 2. The maximum Gasteiger partial charge on any atom is 0.337 e. The van der Waals surface area contributed by atoms with Gasteiger partial charge in [-0.05, 0) is 61.4 Å². The van der Waals surface area contributed by atoms with Crippen molar-refractivity contribution in [2.75, 3.05) is 20.3 Å². The minimum absolute atomic E-state index is 0.355. The third kappa shape index (κ3) is 7.03. The fourth-order valence-corrected chi connectivity index (χ4v) is 2.13. The minimum atomic E-state index is -0.412. The second-order valence-corrected chi connectivity index (χ2v) is 5.66. The fourth-order valence-electron chi connectivity index (χ4n) is 2.13. The van der Waals surface area contributed by atoms with Crippen molar-refractivity contribution in [2.24, 2.45) is 10.2 Å². The van der Waals surface area contributed by atoms with Gasteiger partial charge in [-0.25, -0.2) is 9.59 Å². The van der Waals surface area contributed by atoms with E-state index >= 15 is 0 Å². The van der Waals surface area contributed by atoms with Crippen LogP contribution in [0.1, 0.15) is 23.2 Å². The van der Waals surface area contributed by atoms with Crippen LogP contribution in [0.15, 0.2) is 71.4 Å². The summed E-state index contributed by atoms with van der Waals surface area (Å²) in [6, 6.07) is 13.9. The van der Waals surface area contributed by atoms with Gasteiger partial charge in [0, 0.05) is 6.08 Å². The summed E-state index contributed by atoms with van der Waals surface area (Å²) in [5.41, 5.74) is 1.77. The van der Waals surface area contributed by atoms with Gasteiger partial charge in [-0.2, -0.15) is 10.2 Å². The Labute approximate surface area is 163 Å². The first-order valence-electron chi connectivity index (χ1n) is 8.74. The first-order chi connectivity index (χ1) is 13.6. The van der Waals surface area contributed by atoms with E-state index in [9.17, 15) is 9.59 Å². The molecule has 0 bridgehead atoms. The van der Waals surface area contributed by atoms with Gasteiger partial charge in [0.15, 0.2) is 0 Å². The highest BCUT2D eigenvalue weighted by Crippen LogP contribution is 2.22. The Morgan fingerprint density at radius 3 is 2.07 bits per heavy atom. The van der Waals surface area contributed by atoms with Crippen LogP contribution in [0.3, 0.4) is 0 Å². The van der Waals surface area contributed by atoms with Crippen LogP contribution in [-0.4, -0.2) is 32.3 Å². The molecular formula is C21H22N2O5.